The number of aryl methyl sites for hydroxylation is 1. The SMILES string of the molecule is Cc1ccccc1CN(C)CCC(O)c1cccc(F)c1. The van der Waals surface area contributed by atoms with Gasteiger partial charge in [0.15, 0.2) is 0 Å². The van der Waals surface area contributed by atoms with E-state index in [-0.39, 0.29) is 5.82 Å². The van der Waals surface area contributed by atoms with Crippen LogP contribution in [-0.4, -0.2) is 23.6 Å². The highest BCUT2D eigenvalue weighted by molar-refractivity contribution is 5.25. The van der Waals surface area contributed by atoms with E-state index >= 15 is 0 Å². The summed E-state index contributed by atoms with van der Waals surface area (Å²) in [5.74, 6) is -0.306. The fourth-order valence-corrected chi connectivity index (χ4v) is 2.38. The molecule has 1 unspecified atom stereocenters. The minimum absolute atomic E-state index is 0.306. The predicted molar refractivity (Wildman–Crippen MR) is 83.5 cm³/mol. The predicted octanol–water partition coefficient (Wildman–Crippen LogP) is 3.69. The third-order valence-electron chi connectivity index (χ3n) is 3.72. The summed E-state index contributed by atoms with van der Waals surface area (Å²) in [5.41, 5.74) is 3.20. The zero-order valence-corrected chi connectivity index (χ0v) is 12.6. The van der Waals surface area contributed by atoms with Gasteiger partial charge in [-0.05, 0) is 49.2 Å². The van der Waals surface area contributed by atoms with E-state index in [0.29, 0.717) is 12.0 Å². The van der Waals surface area contributed by atoms with Crippen molar-refractivity contribution in [1.29, 1.82) is 0 Å². The third kappa shape index (κ3) is 4.66. The van der Waals surface area contributed by atoms with Crippen LogP contribution in [0.25, 0.3) is 0 Å². The molecule has 2 nitrogen and oxygen atoms in total. The lowest BCUT2D eigenvalue weighted by Gasteiger charge is -2.20. The maximum absolute atomic E-state index is 13.1. The van der Waals surface area contributed by atoms with Gasteiger partial charge in [0.2, 0.25) is 0 Å². The molecular weight excluding hydrogens is 265 g/mol. The molecule has 0 spiro atoms. The van der Waals surface area contributed by atoms with Gasteiger partial charge in [0, 0.05) is 13.1 Å². The van der Waals surface area contributed by atoms with Gasteiger partial charge in [-0.25, -0.2) is 4.39 Å². The van der Waals surface area contributed by atoms with Crippen molar-refractivity contribution in [3.05, 3.63) is 71.0 Å². The topological polar surface area (TPSA) is 23.5 Å². The van der Waals surface area contributed by atoms with Crippen molar-refractivity contribution in [1.82, 2.24) is 4.90 Å². The molecule has 3 heteroatoms. The molecule has 1 atom stereocenters. The van der Waals surface area contributed by atoms with Gasteiger partial charge in [-0.15, -0.1) is 0 Å². The standard InChI is InChI=1S/C18H22FNO/c1-14-6-3-4-7-16(14)13-20(2)11-10-18(21)15-8-5-9-17(19)12-15/h3-9,12,18,21H,10-11,13H2,1-2H3. The summed E-state index contributed by atoms with van der Waals surface area (Å²) in [6, 6.07) is 14.5. The summed E-state index contributed by atoms with van der Waals surface area (Å²) in [6.07, 6.45) is -0.0359. The number of halogens is 1. The molecule has 0 saturated heterocycles. The first-order valence-electron chi connectivity index (χ1n) is 7.23. The Morgan fingerprint density at radius 3 is 2.62 bits per heavy atom. The molecule has 1 N–H and O–H groups in total. The number of rotatable bonds is 6. The summed E-state index contributed by atoms with van der Waals surface area (Å²) in [7, 11) is 2.03. The van der Waals surface area contributed by atoms with Crippen molar-refractivity contribution >= 4 is 0 Å². The maximum atomic E-state index is 13.1. The van der Waals surface area contributed by atoms with E-state index in [1.54, 1.807) is 12.1 Å². The largest absolute Gasteiger partial charge is 0.388 e. The zero-order valence-electron chi connectivity index (χ0n) is 12.6. The quantitative estimate of drug-likeness (QED) is 0.876. The summed E-state index contributed by atoms with van der Waals surface area (Å²) in [6.45, 7) is 3.71. The normalized spacial score (nSPS) is 12.6. The number of aliphatic hydroxyl groups is 1. The van der Waals surface area contributed by atoms with Crippen molar-refractivity contribution in [2.75, 3.05) is 13.6 Å². The van der Waals surface area contributed by atoms with Crippen LogP contribution in [0.5, 0.6) is 0 Å². The van der Waals surface area contributed by atoms with Gasteiger partial charge in [-0.1, -0.05) is 36.4 Å². The first kappa shape index (κ1) is 15.7. The highest BCUT2D eigenvalue weighted by atomic mass is 19.1. The van der Waals surface area contributed by atoms with Gasteiger partial charge in [-0.3, -0.25) is 0 Å². The Hall–Kier alpha value is -1.71. The maximum Gasteiger partial charge on any atom is 0.123 e. The number of benzene rings is 2. The fourth-order valence-electron chi connectivity index (χ4n) is 2.38. The lowest BCUT2D eigenvalue weighted by molar-refractivity contribution is 0.147. The number of aliphatic hydroxyl groups excluding tert-OH is 1. The van der Waals surface area contributed by atoms with Gasteiger partial charge in [0.1, 0.15) is 5.82 Å². The summed E-state index contributed by atoms with van der Waals surface area (Å²) < 4.78 is 13.1. The molecule has 0 aliphatic heterocycles. The van der Waals surface area contributed by atoms with Crippen molar-refractivity contribution in [3.8, 4) is 0 Å². The molecule has 0 radical (unpaired) electrons. The van der Waals surface area contributed by atoms with E-state index in [2.05, 4.69) is 24.0 Å². The minimum atomic E-state index is -0.625. The second-order valence-electron chi connectivity index (χ2n) is 5.52. The van der Waals surface area contributed by atoms with Crippen molar-refractivity contribution in [2.24, 2.45) is 0 Å². The first-order chi connectivity index (χ1) is 10.1. The molecular formula is C18H22FNO. The molecule has 112 valence electrons. The minimum Gasteiger partial charge on any atom is -0.388 e. The first-order valence-corrected chi connectivity index (χ1v) is 7.23. The van der Waals surface area contributed by atoms with Crippen LogP contribution in [0.1, 0.15) is 29.2 Å². The van der Waals surface area contributed by atoms with Crippen LogP contribution in [0, 0.1) is 12.7 Å². The zero-order chi connectivity index (χ0) is 15.2. The highest BCUT2D eigenvalue weighted by Crippen LogP contribution is 2.18. The Labute approximate surface area is 125 Å². The Bertz CT molecular complexity index is 585. The fraction of sp³-hybridized carbons (Fsp3) is 0.333. The molecule has 2 aromatic carbocycles. The molecule has 0 saturated carbocycles. The number of hydrogen-bond acceptors (Lipinski definition) is 2. The van der Waals surface area contributed by atoms with Gasteiger partial charge < -0.3 is 10.0 Å². The van der Waals surface area contributed by atoms with Gasteiger partial charge in [0.25, 0.3) is 0 Å². The number of hydrogen-bond donors (Lipinski definition) is 1. The van der Waals surface area contributed by atoms with Crippen LogP contribution in [0.2, 0.25) is 0 Å². The number of nitrogens with zero attached hydrogens (tertiary/aromatic N) is 1. The molecule has 0 aromatic heterocycles. The van der Waals surface area contributed by atoms with E-state index in [0.717, 1.165) is 13.1 Å². The molecule has 0 heterocycles. The smallest absolute Gasteiger partial charge is 0.123 e. The van der Waals surface area contributed by atoms with E-state index in [4.69, 9.17) is 0 Å². The molecule has 0 amide bonds. The molecule has 0 aliphatic carbocycles. The molecule has 21 heavy (non-hydrogen) atoms. The van der Waals surface area contributed by atoms with Crippen LogP contribution in [-0.2, 0) is 6.54 Å². The Morgan fingerprint density at radius 1 is 1.14 bits per heavy atom. The Morgan fingerprint density at radius 2 is 1.90 bits per heavy atom. The summed E-state index contributed by atoms with van der Waals surface area (Å²) in [5, 5.41) is 10.1. The van der Waals surface area contributed by atoms with Crippen LogP contribution in [0.4, 0.5) is 4.39 Å². The third-order valence-corrected chi connectivity index (χ3v) is 3.72. The lowest BCUT2D eigenvalue weighted by Crippen LogP contribution is -2.21. The van der Waals surface area contributed by atoms with E-state index < -0.39 is 6.10 Å². The Kier molecular flexibility index (Phi) is 5.48. The molecule has 0 fully saturated rings. The van der Waals surface area contributed by atoms with Gasteiger partial charge >= 0.3 is 0 Å². The van der Waals surface area contributed by atoms with Crippen LogP contribution in [0.15, 0.2) is 48.5 Å². The van der Waals surface area contributed by atoms with E-state index in [1.165, 1.54) is 23.3 Å². The van der Waals surface area contributed by atoms with E-state index in [1.807, 2.05) is 19.2 Å². The highest BCUT2D eigenvalue weighted by Gasteiger charge is 2.10. The second kappa shape index (κ2) is 7.34. The average molecular weight is 287 g/mol. The monoisotopic (exact) mass is 287 g/mol. The Balaban J connectivity index is 1.86. The molecule has 2 aromatic rings. The van der Waals surface area contributed by atoms with Crippen molar-refractivity contribution in [2.45, 2.75) is 26.0 Å². The molecule has 2 rings (SSSR count). The lowest BCUT2D eigenvalue weighted by atomic mass is 10.1. The van der Waals surface area contributed by atoms with Gasteiger partial charge in [-0.2, -0.15) is 0 Å². The summed E-state index contributed by atoms with van der Waals surface area (Å²) in [4.78, 5) is 2.17. The van der Waals surface area contributed by atoms with Crippen LogP contribution in [0.3, 0.4) is 0 Å². The average Bonchev–Trinajstić information content (AvgIpc) is 2.47. The van der Waals surface area contributed by atoms with Crippen LogP contribution < -0.4 is 0 Å². The molecule has 0 bridgehead atoms. The van der Waals surface area contributed by atoms with Crippen molar-refractivity contribution in [3.63, 3.8) is 0 Å². The van der Waals surface area contributed by atoms with Crippen molar-refractivity contribution < 1.29 is 9.50 Å². The van der Waals surface area contributed by atoms with Gasteiger partial charge in [0.05, 0.1) is 6.10 Å². The second-order valence-corrected chi connectivity index (χ2v) is 5.52. The molecule has 0 aliphatic rings. The van der Waals surface area contributed by atoms with E-state index in [9.17, 15) is 9.50 Å². The summed E-state index contributed by atoms with van der Waals surface area (Å²) >= 11 is 0. The van der Waals surface area contributed by atoms with Crippen LogP contribution >= 0.6 is 0 Å².